The first-order valence-electron chi connectivity index (χ1n) is 9.16. The van der Waals surface area contributed by atoms with Crippen LogP contribution in [0.4, 0.5) is 0 Å². The smallest absolute Gasteiger partial charge is 0.303 e. The van der Waals surface area contributed by atoms with Crippen LogP contribution in [0.1, 0.15) is 30.4 Å². The van der Waals surface area contributed by atoms with E-state index in [0.717, 1.165) is 37.5 Å². The normalized spacial score (nSPS) is 17.2. The Bertz CT molecular complexity index is 1080. The summed E-state index contributed by atoms with van der Waals surface area (Å²) < 4.78 is 5.98. The molecule has 1 N–H and O–H groups in total. The molecule has 0 amide bonds. The standard InChI is InChI=1S/C23H19BrO4/c24-17-5-6-18-19-11-15-3-1-2-4-16(15)12-20(19)23(21(18)13-17,8-7-22(26)27)9-10-28-14-25/h1-6,11-14H,7-10H2,(H,26,27). The maximum Gasteiger partial charge on any atom is 0.303 e. The average molecular weight is 439 g/mol. The fraction of sp³-hybridized carbons (Fsp3) is 0.217. The van der Waals surface area contributed by atoms with Crippen molar-refractivity contribution in [2.24, 2.45) is 0 Å². The van der Waals surface area contributed by atoms with Crippen LogP contribution in [0, 0.1) is 0 Å². The van der Waals surface area contributed by atoms with E-state index in [1.165, 1.54) is 0 Å². The number of carbonyl (C=O) groups is 2. The number of aliphatic carboxylic acids is 1. The number of fused-ring (bicyclic) bond motifs is 4. The number of hydrogen-bond acceptors (Lipinski definition) is 3. The number of halogens is 1. The zero-order chi connectivity index (χ0) is 19.7. The predicted molar refractivity (Wildman–Crippen MR) is 111 cm³/mol. The van der Waals surface area contributed by atoms with E-state index in [1.54, 1.807) is 0 Å². The molecule has 0 radical (unpaired) electrons. The van der Waals surface area contributed by atoms with Crippen LogP contribution in [0.15, 0.2) is 59.1 Å². The van der Waals surface area contributed by atoms with Crippen molar-refractivity contribution in [2.45, 2.75) is 24.7 Å². The Morgan fingerprint density at radius 3 is 2.43 bits per heavy atom. The molecule has 0 heterocycles. The highest BCUT2D eigenvalue weighted by Gasteiger charge is 2.43. The first kappa shape index (κ1) is 18.7. The van der Waals surface area contributed by atoms with Gasteiger partial charge in [0.1, 0.15) is 0 Å². The second kappa shape index (κ2) is 7.40. The van der Waals surface area contributed by atoms with E-state index in [0.29, 0.717) is 19.3 Å². The van der Waals surface area contributed by atoms with E-state index in [-0.39, 0.29) is 13.0 Å². The van der Waals surface area contributed by atoms with Gasteiger partial charge >= 0.3 is 5.97 Å². The summed E-state index contributed by atoms with van der Waals surface area (Å²) in [5.41, 5.74) is 3.91. The Hall–Kier alpha value is -2.66. The lowest BCUT2D eigenvalue weighted by molar-refractivity contribution is -0.137. The minimum atomic E-state index is -0.832. The van der Waals surface area contributed by atoms with Crippen LogP contribution in [0.5, 0.6) is 0 Å². The highest BCUT2D eigenvalue weighted by molar-refractivity contribution is 9.10. The van der Waals surface area contributed by atoms with E-state index >= 15 is 0 Å². The lowest BCUT2D eigenvalue weighted by atomic mass is 9.72. The monoisotopic (exact) mass is 438 g/mol. The van der Waals surface area contributed by atoms with E-state index in [2.05, 4.69) is 52.3 Å². The molecule has 4 nitrogen and oxygen atoms in total. The van der Waals surface area contributed by atoms with Gasteiger partial charge in [0, 0.05) is 16.3 Å². The van der Waals surface area contributed by atoms with Crippen molar-refractivity contribution in [2.75, 3.05) is 6.61 Å². The summed E-state index contributed by atoms with van der Waals surface area (Å²) in [4.78, 5) is 22.2. The predicted octanol–water partition coefficient (Wildman–Crippen LogP) is 5.30. The van der Waals surface area contributed by atoms with Crippen LogP contribution in [-0.4, -0.2) is 24.2 Å². The van der Waals surface area contributed by atoms with Gasteiger partial charge in [0.25, 0.3) is 6.47 Å². The number of carboxylic acid groups (broad SMARTS) is 1. The highest BCUT2D eigenvalue weighted by atomic mass is 79.9. The third kappa shape index (κ3) is 3.10. The SMILES string of the molecule is O=COCCC1(CCC(=O)O)c2cc(Br)ccc2-c2cc3ccccc3cc21. The molecule has 4 rings (SSSR count). The van der Waals surface area contributed by atoms with Crippen molar-refractivity contribution in [3.8, 4) is 11.1 Å². The highest BCUT2D eigenvalue weighted by Crippen LogP contribution is 2.54. The van der Waals surface area contributed by atoms with Crippen molar-refractivity contribution in [3.63, 3.8) is 0 Å². The molecule has 0 aromatic heterocycles. The first-order chi connectivity index (χ1) is 13.5. The Morgan fingerprint density at radius 2 is 1.71 bits per heavy atom. The van der Waals surface area contributed by atoms with Gasteiger partial charge in [0.05, 0.1) is 6.61 Å². The van der Waals surface area contributed by atoms with Gasteiger partial charge in [-0.15, -0.1) is 0 Å². The maximum absolute atomic E-state index is 11.4. The fourth-order valence-electron chi connectivity index (χ4n) is 4.42. The Labute approximate surface area is 171 Å². The van der Waals surface area contributed by atoms with Crippen LogP contribution in [-0.2, 0) is 19.7 Å². The van der Waals surface area contributed by atoms with Gasteiger partial charge in [-0.25, -0.2) is 0 Å². The third-order valence-corrected chi connectivity index (χ3v) is 6.16. The van der Waals surface area contributed by atoms with Crippen LogP contribution >= 0.6 is 15.9 Å². The largest absolute Gasteiger partial charge is 0.481 e. The summed E-state index contributed by atoms with van der Waals surface area (Å²) in [7, 11) is 0. The molecule has 1 aliphatic rings. The number of hydrogen-bond donors (Lipinski definition) is 1. The Morgan fingerprint density at radius 1 is 1.00 bits per heavy atom. The molecule has 0 saturated carbocycles. The maximum atomic E-state index is 11.4. The van der Waals surface area contributed by atoms with Crippen molar-refractivity contribution in [1.82, 2.24) is 0 Å². The summed E-state index contributed by atoms with van der Waals surface area (Å²) in [5, 5.41) is 11.6. The van der Waals surface area contributed by atoms with Gasteiger partial charge in [-0.1, -0.05) is 46.3 Å². The summed E-state index contributed by atoms with van der Waals surface area (Å²) >= 11 is 3.56. The third-order valence-electron chi connectivity index (χ3n) is 5.67. The fourth-order valence-corrected chi connectivity index (χ4v) is 4.78. The Kier molecular flexibility index (Phi) is 4.94. The molecule has 142 valence electrons. The number of benzene rings is 3. The molecule has 3 aromatic rings. The van der Waals surface area contributed by atoms with Gasteiger partial charge in [0.2, 0.25) is 0 Å². The molecule has 0 fully saturated rings. The zero-order valence-electron chi connectivity index (χ0n) is 15.2. The molecule has 0 spiro atoms. The minimum absolute atomic E-state index is 0.0410. The van der Waals surface area contributed by atoms with Crippen LogP contribution < -0.4 is 0 Å². The molecule has 5 heteroatoms. The second-order valence-electron chi connectivity index (χ2n) is 7.13. The molecule has 1 unspecified atom stereocenters. The summed E-state index contributed by atoms with van der Waals surface area (Å²) in [5.74, 6) is -0.832. The number of ether oxygens (including phenoxy) is 1. The lowest BCUT2D eigenvalue weighted by Gasteiger charge is -2.32. The van der Waals surface area contributed by atoms with E-state index in [1.807, 2.05) is 18.2 Å². The van der Waals surface area contributed by atoms with Crippen LogP contribution in [0.3, 0.4) is 0 Å². The zero-order valence-corrected chi connectivity index (χ0v) is 16.7. The Balaban J connectivity index is 1.97. The van der Waals surface area contributed by atoms with E-state index in [4.69, 9.17) is 4.74 Å². The van der Waals surface area contributed by atoms with Gasteiger partial charge in [-0.05, 0) is 70.1 Å². The van der Waals surface area contributed by atoms with Crippen molar-refractivity contribution in [3.05, 3.63) is 70.2 Å². The van der Waals surface area contributed by atoms with Crippen LogP contribution in [0.2, 0.25) is 0 Å². The molecule has 0 saturated heterocycles. The average Bonchev–Trinajstić information content (AvgIpc) is 2.94. The summed E-state index contributed by atoms with van der Waals surface area (Å²) in [6, 6.07) is 18.7. The molecule has 0 bridgehead atoms. The number of rotatable bonds is 7. The van der Waals surface area contributed by atoms with Gasteiger partial charge in [-0.3, -0.25) is 9.59 Å². The van der Waals surface area contributed by atoms with E-state index < -0.39 is 11.4 Å². The summed E-state index contributed by atoms with van der Waals surface area (Å²) in [6.07, 6.45) is 1.02. The van der Waals surface area contributed by atoms with Gasteiger partial charge < -0.3 is 9.84 Å². The van der Waals surface area contributed by atoms with Crippen LogP contribution in [0.25, 0.3) is 21.9 Å². The first-order valence-corrected chi connectivity index (χ1v) is 9.95. The minimum Gasteiger partial charge on any atom is -0.481 e. The van der Waals surface area contributed by atoms with E-state index in [9.17, 15) is 14.7 Å². The second-order valence-corrected chi connectivity index (χ2v) is 8.04. The number of carboxylic acids is 1. The van der Waals surface area contributed by atoms with Crippen molar-refractivity contribution >= 4 is 39.1 Å². The van der Waals surface area contributed by atoms with Gasteiger partial charge in [0.15, 0.2) is 0 Å². The summed E-state index contributed by atoms with van der Waals surface area (Å²) in [6.45, 7) is 0.685. The number of carbonyl (C=O) groups excluding carboxylic acids is 1. The lowest BCUT2D eigenvalue weighted by Crippen LogP contribution is -2.28. The molecular weight excluding hydrogens is 420 g/mol. The molecular formula is C23H19BrO4. The molecule has 1 atom stereocenters. The molecule has 3 aromatic carbocycles. The molecule has 28 heavy (non-hydrogen) atoms. The van der Waals surface area contributed by atoms with Crippen molar-refractivity contribution in [1.29, 1.82) is 0 Å². The van der Waals surface area contributed by atoms with Crippen molar-refractivity contribution < 1.29 is 19.4 Å². The molecule has 0 aliphatic heterocycles. The molecule has 1 aliphatic carbocycles. The van der Waals surface area contributed by atoms with Gasteiger partial charge in [-0.2, -0.15) is 0 Å². The topological polar surface area (TPSA) is 63.6 Å². The quantitative estimate of drug-likeness (QED) is 0.401.